The summed E-state index contributed by atoms with van der Waals surface area (Å²) < 4.78 is 11.2. The van der Waals surface area contributed by atoms with Crippen LogP contribution in [0.2, 0.25) is 0 Å². The van der Waals surface area contributed by atoms with Crippen molar-refractivity contribution in [2.75, 3.05) is 31.6 Å². The van der Waals surface area contributed by atoms with E-state index in [1.54, 1.807) is 0 Å². The molecule has 2 heterocycles. The van der Waals surface area contributed by atoms with Crippen LogP contribution in [0, 0.1) is 11.3 Å². The Bertz CT molecular complexity index is 1000. The Morgan fingerprint density at radius 3 is 2.87 bits per heavy atom. The van der Waals surface area contributed by atoms with E-state index in [0.717, 1.165) is 41.1 Å². The SMILES string of the molecule is C=C1Oc2ccc(-c3ccc(C[C@@H](C#N)NC(=O)C4CNCCCO4)cc3)cc2N1C. The van der Waals surface area contributed by atoms with Gasteiger partial charge in [0.1, 0.15) is 12.1 Å². The fourth-order valence-electron chi connectivity index (χ4n) is 3.72. The quantitative estimate of drug-likeness (QED) is 0.776. The summed E-state index contributed by atoms with van der Waals surface area (Å²) in [5, 5.41) is 15.5. The van der Waals surface area contributed by atoms with E-state index >= 15 is 0 Å². The van der Waals surface area contributed by atoms with Crippen LogP contribution in [0.4, 0.5) is 5.69 Å². The van der Waals surface area contributed by atoms with E-state index < -0.39 is 12.1 Å². The van der Waals surface area contributed by atoms with Crippen molar-refractivity contribution >= 4 is 11.6 Å². The van der Waals surface area contributed by atoms with E-state index in [2.05, 4.69) is 29.3 Å². The van der Waals surface area contributed by atoms with Gasteiger partial charge in [-0.15, -0.1) is 0 Å². The topological polar surface area (TPSA) is 86.6 Å². The zero-order valence-electron chi connectivity index (χ0n) is 17.6. The third kappa shape index (κ3) is 4.71. The van der Waals surface area contributed by atoms with Gasteiger partial charge in [-0.25, -0.2) is 0 Å². The zero-order valence-corrected chi connectivity index (χ0v) is 17.6. The fraction of sp³-hybridized carbons (Fsp3) is 0.333. The van der Waals surface area contributed by atoms with Gasteiger partial charge in [0.25, 0.3) is 5.91 Å². The van der Waals surface area contributed by atoms with Gasteiger partial charge in [0, 0.05) is 26.6 Å². The molecule has 0 bridgehead atoms. The van der Waals surface area contributed by atoms with E-state index in [4.69, 9.17) is 9.47 Å². The maximum atomic E-state index is 12.4. The molecule has 0 spiro atoms. The highest BCUT2D eigenvalue weighted by Crippen LogP contribution is 2.40. The Labute approximate surface area is 182 Å². The van der Waals surface area contributed by atoms with Crippen LogP contribution in [0.3, 0.4) is 0 Å². The highest BCUT2D eigenvalue weighted by Gasteiger charge is 2.24. The summed E-state index contributed by atoms with van der Waals surface area (Å²) in [5.74, 6) is 1.16. The van der Waals surface area contributed by atoms with Gasteiger partial charge in [-0.3, -0.25) is 4.79 Å². The molecule has 2 aliphatic rings. The molecule has 0 aromatic heterocycles. The molecule has 2 N–H and O–H groups in total. The second-order valence-electron chi connectivity index (χ2n) is 7.75. The number of nitriles is 1. The van der Waals surface area contributed by atoms with Crippen LogP contribution in [0.25, 0.3) is 11.1 Å². The van der Waals surface area contributed by atoms with Crippen molar-refractivity contribution in [1.29, 1.82) is 5.26 Å². The molecule has 7 heteroatoms. The fourth-order valence-corrected chi connectivity index (χ4v) is 3.72. The van der Waals surface area contributed by atoms with Gasteiger partial charge in [-0.05, 0) is 48.4 Å². The van der Waals surface area contributed by atoms with Crippen LogP contribution in [-0.2, 0) is 16.0 Å². The van der Waals surface area contributed by atoms with Gasteiger partial charge < -0.3 is 25.0 Å². The highest BCUT2D eigenvalue weighted by molar-refractivity contribution is 5.81. The summed E-state index contributed by atoms with van der Waals surface area (Å²) >= 11 is 0. The Hall–Kier alpha value is -3.34. The third-order valence-electron chi connectivity index (χ3n) is 5.56. The van der Waals surface area contributed by atoms with E-state index in [0.29, 0.717) is 25.5 Å². The Morgan fingerprint density at radius 1 is 1.32 bits per heavy atom. The lowest BCUT2D eigenvalue weighted by Crippen LogP contribution is -2.46. The summed E-state index contributed by atoms with van der Waals surface area (Å²) in [4.78, 5) is 14.4. The lowest BCUT2D eigenvalue weighted by molar-refractivity contribution is -0.132. The number of nitrogens with one attached hydrogen (secondary N) is 2. The molecule has 0 saturated carbocycles. The number of ether oxygens (including phenoxy) is 2. The van der Waals surface area contributed by atoms with Crippen molar-refractivity contribution in [2.45, 2.75) is 25.0 Å². The third-order valence-corrected chi connectivity index (χ3v) is 5.56. The Kier molecular flexibility index (Phi) is 6.21. The monoisotopic (exact) mass is 418 g/mol. The average molecular weight is 418 g/mol. The lowest BCUT2D eigenvalue weighted by Gasteiger charge is -2.18. The molecule has 2 aromatic rings. The van der Waals surface area contributed by atoms with Crippen molar-refractivity contribution < 1.29 is 14.3 Å². The first-order chi connectivity index (χ1) is 15.0. The molecule has 0 radical (unpaired) electrons. The number of nitrogens with zero attached hydrogens (tertiary/aromatic N) is 2. The molecule has 0 aliphatic carbocycles. The Morgan fingerprint density at radius 2 is 2.10 bits per heavy atom. The standard InChI is InChI=1S/C24H26N4O3/c1-16-28(2)21-13-19(8-9-22(21)31-16)18-6-4-17(5-7-18)12-20(14-25)27-24(29)23-15-26-10-3-11-30-23/h4-9,13,20,23,26H,1,3,10-12,15H2,2H3,(H,27,29)/t20-,23?/m0/s1. The highest BCUT2D eigenvalue weighted by atomic mass is 16.5. The summed E-state index contributed by atoms with van der Waals surface area (Å²) in [7, 11) is 1.92. The molecule has 31 heavy (non-hydrogen) atoms. The number of hydrogen-bond donors (Lipinski definition) is 2. The van der Waals surface area contributed by atoms with Crippen LogP contribution in [-0.4, -0.2) is 44.8 Å². The number of amides is 1. The predicted molar refractivity (Wildman–Crippen MR) is 119 cm³/mol. The van der Waals surface area contributed by atoms with Crippen molar-refractivity contribution in [2.24, 2.45) is 0 Å². The molecule has 2 aliphatic heterocycles. The summed E-state index contributed by atoms with van der Waals surface area (Å²) in [5.41, 5.74) is 4.09. The van der Waals surface area contributed by atoms with Crippen LogP contribution < -0.4 is 20.3 Å². The second kappa shape index (κ2) is 9.21. The maximum absolute atomic E-state index is 12.4. The predicted octanol–water partition coefficient (Wildman–Crippen LogP) is 2.58. The van der Waals surface area contributed by atoms with Gasteiger partial charge in [-0.2, -0.15) is 5.26 Å². The zero-order chi connectivity index (χ0) is 21.8. The number of rotatable bonds is 5. The minimum atomic E-state index is -0.609. The summed E-state index contributed by atoms with van der Waals surface area (Å²) in [6, 6.07) is 15.6. The molecular weight excluding hydrogens is 392 g/mol. The lowest BCUT2D eigenvalue weighted by atomic mass is 10.00. The number of fused-ring (bicyclic) bond motifs is 1. The molecule has 1 fully saturated rings. The second-order valence-corrected chi connectivity index (χ2v) is 7.75. The number of benzene rings is 2. The van der Waals surface area contributed by atoms with Crippen LogP contribution in [0.1, 0.15) is 12.0 Å². The van der Waals surface area contributed by atoms with Gasteiger partial charge in [0.15, 0.2) is 11.6 Å². The summed E-state index contributed by atoms with van der Waals surface area (Å²) in [6.45, 7) is 5.73. The molecule has 1 saturated heterocycles. The van der Waals surface area contributed by atoms with Crippen LogP contribution >= 0.6 is 0 Å². The molecule has 7 nitrogen and oxygen atoms in total. The maximum Gasteiger partial charge on any atom is 0.251 e. The number of hydrogen-bond acceptors (Lipinski definition) is 6. The molecule has 2 atom stereocenters. The van der Waals surface area contributed by atoms with Crippen molar-refractivity contribution in [3.8, 4) is 22.9 Å². The number of anilines is 1. The molecule has 160 valence electrons. The number of carbonyl (C=O) groups is 1. The van der Waals surface area contributed by atoms with Crippen molar-refractivity contribution in [1.82, 2.24) is 10.6 Å². The largest absolute Gasteiger partial charge is 0.439 e. The van der Waals surface area contributed by atoms with Crippen molar-refractivity contribution in [3.05, 3.63) is 60.5 Å². The van der Waals surface area contributed by atoms with E-state index in [1.165, 1.54) is 0 Å². The first-order valence-electron chi connectivity index (χ1n) is 10.4. The molecule has 4 rings (SSSR count). The van der Waals surface area contributed by atoms with Gasteiger partial charge in [0.05, 0.1) is 11.8 Å². The minimum Gasteiger partial charge on any atom is -0.439 e. The van der Waals surface area contributed by atoms with Crippen LogP contribution in [0.5, 0.6) is 5.75 Å². The van der Waals surface area contributed by atoms with Crippen LogP contribution in [0.15, 0.2) is 54.9 Å². The van der Waals surface area contributed by atoms with E-state index in [1.807, 2.05) is 48.3 Å². The smallest absolute Gasteiger partial charge is 0.251 e. The molecular formula is C24H26N4O3. The molecule has 1 amide bonds. The number of carbonyl (C=O) groups excluding carboxylic acids is 1. The normalized spacial score (nSPS) is 19.0. The first-order valence-corrected chi connectivity index (χ1v) is 10.4. The van der Waals surface area contributed by atoms with Gasteiger partial charge >= 0.3 is 0 Å². The minimum absolute atomic E-state index is 0.247. The first kappa shape index (κ1) is 20.9. The molecule has 1 unspecified atom stereocenters. The van der Waals surface area contributed by atoms with E-state index in [9.17, 15) is 10.1 Å². The van der Waals surface area contributed by atoms with Crippen molar-refractivity contribution in [3.63, 3.8) is 0 Å². The summed E-state index contributed by atoms with van der Waals surface area (Å²) in [6.07, 6.45) is 0.752. The Balaban J connectivity index is 1.40. The molecule has 2 aromatic carbocycles. The van der Waals surface area contributed by atoms with E-state index in [-0.39, 0.29) is 5.91 Å². The average Bonchev–Trinajstić information content (AvgIpc) is 2.96. The van der Waals surface area contributed by atoms with Gasteiger partial charge in [0.2, 0.25) is 0 Å². The van der Waals surface area contributed by atoms with Gasteiger partial charge in [-0.1, -0.05) is 30.3 Å².